The standard InChI is InChI=1S/C13H18ClN3O2/c1-9-10(14)5-4-6-11(9)17-12(18)7-2-3-8-16-13(15)19/h4-6H,2-3,7-8H2,1H3,(H,17,18)(H3,15,16,19). The Bertz CT molecular complexity index is 463. The maximum atomic E-state index is 11.7. The molecule has 0 bridgehead atoms. The molecule has 1 rings (SSSR count). The van der Waals surface area contributed by atoms with Crippen LogP contribution in [0.5, 0.6) is 0 Å². The summed E-state index contributed by atoms with van der Waals surface area (Å²) in [7, 11) is 0. The quantitative estimate of drug-likeness (QED) is 0.701. The minimum absolute atomic E-state index is 0.0653. The highest BCUT2D eigenvalue weighted by atomic mass is 35.5. The van der Waals surface area contributed by atoms with E-state index in [2.05, 4.69) is 10.6 Å². The number of amides is 3. The van der Waals surface area contributed by atoms with Gasteiger partial charge in [0.2, 0.25) is 5.91 Å². The molecule has 0 radical (unpaired) electrons. The van der Waals surface area contributed by atoms with Gasteiger partial charge in [-0.1, -0.05) is 17.7 Å². The van der Waals surface area contributed by atoms with Crippen molar-refractivity contribution in [2.45, 2.75) is 26.2 Å². The molecule has 4 N–H and O–H groups in total. The topological polar surface area (TPSA) is 84.2 Å². The van der Waals surface area contributed by atoms with Crippen molar-refractivity contribution in [3.63, 3.8) is 0 Å². The third kappa shape index (κ3) is 5.61. The fourth-order valence-electron chi connectivity index (χ4n) is 1.58. The molecule has 0 aliphatic rings. The normalized spacial score (nSPS) is 10.0. The molecule has 5 nitrogen and oxygen atoms in total. The Morgan fingerprint density at radius 3 is 2.74 bits per heavy atom. The van der Waals surface area contributed by atoms with Gasteiger partial charge in [-0.3, -0.25) is 4.79 Å². The van der Waals surface area contributed by atoms with Gasteiger partial charge < -0.3 is 16.4 Å². The minimum atomic E-state index is -0.543. The van der Waals surface area contributed by atoms with Crippen LogP contribution in [0.25, 0.3) is 0 Å². The van der Waals surface area contributed by atoms with Crippen LogP contribution in [-0.2, 0) is 4.79 Å². The molecule has 0 saturated heterocycles. The summed E-state index contributed by atoms with van der Waals surface area (Å²) in [5, 5.41) is 5.92. The Morgan fingerprint density at radius 1 is 1.32 bits per heavy atom. The Balaban J connectivity index is 2.31. The van der Waals surface area contributed by atoms with E-state index in [0.717, 1.165) is 11.3 Å². The maximum absolute atomic E-state index is 11.7. The number of anilines is 1. The zero-order valence-electron chi connectivity index (χ0n) is 10.8. The summed E-state index contributed by atoms with van der Waals surface area (Å²) >= 11 is 5.97. The molecule has 0 unspecified atom stereocenters. The van der Waals surface area contributed by atoms with E-state index >= 15 is 0 Å². The molecule has 0 aliphatic carbocycles. The van der Waals surface area contributed by atoms with Gasteiger partial charge in [0, 0.05) is 23.7 Å². The number of benzene rings is 1. The Kier molecular flexibility index (Phi) is 6.15. The van der Waals surface area contributed by atoms with Crippen LogP contribution in [0.1, 0.15) is 24.8 Å². The number of hydrogen-bond donors (Lipinski definition) is 3. The summed E-state index contributed by atoms with van der Waals surface area (Å²) in [6, 6.07) is 4.84. The summed E-state index contributed by atoms with van der Waals surface area (Å²) in [6.45, 7) is 2.34. The number of carbonyl (C=O) groups is 2. The summed E-state index contributed by atoms with van der Waals surface area (Å²) in [5.41, 5.74) is 6.51. The molecular weight excluding hydrogens is 266 g/mol. The van der Waals surface area contributed by atoms with Gasteiger partial charge in [0.1, 0.15) is 0 Å². The highest BCUT2D eigenvalue weighted by Gasteiger charge is 2.06. The second kappa shape index (κ2) is 7.63. The highest BCUT2D eigenvalue weighted by molar-refractivity contribution is 6.31. The molecule has 1 aromatic carbocycles. The van der Waals surface area contributed by atoms with E-state index in [1.807, 2.05) is 13.0 Å². The first-order valence-corrected chi connectivity index (χ1v) is 6.46. The molecule has 1 aromatic rings. The van der Waals surface area contributed by atoms with Gasteiger partial charge in [-0.05, 0) is 37.5 Å². The van der Waals surface area contributed by atoms with E-state index < -0.39 is 6.03 Å². The third-order valence-electron chi connectivity index (χ3n) is 2.67. The molecule has 0 aromatic heterocycles. The van der Waals surface area contributed by atoms with Gasteiger partial charge in [-0.2, -0.15) is 0 Å². The highest BCUT2D eigenvalue weighted by Crippen LogP contribution is 2.23. The molecule has 104 valence electrons. The number of rotatable bonds is 6. The lowest BCUT2D eigenvalue weighted by molar-refractivity contribution is -0.116. The third-order valence-corrected chi connectivity index (χ3v) is 3.08. The molecule has 0 atom stereocenters. The maximum Gasteiger partial charge on any atom is 0.312 e. The predicted molar refractivity (Wildman–Crippen MR) is 76.3 cm³/mol. The predicted octanol–water partition coefficient (Wildman–Crippen LogP) is 2.43. The van der Waals surface area contributed by atoms with E-state index in [-0.39, 0.29) is 5.91 Å². The van der Waals surface area contributed by atoms with Gasteiger partial charge in [-0.15, -0.1) is 0 Å². The SMILES string of the molecule is Cc1c(Cl)cccc1NC(=O)CCCCNC(N)=O. The van der Waals surface area contributed by atoms with Crippen molar-refractivity contribution in [1.82, 2.24) is 5.32 Å². The van der Waals surface area contributed by atoms with Crippen LogP contribution in [0.2, 0.25) is 5.02 Å². The first-order valence-electron chi connectivity index (χ1n) is 6.09. The summed E-state index contributed by atoms with van der Waals surface area (Å²) in [6.07, 6.45) is 1.79. The van der Waals surface area contributed by atoms with Crippen molar-refractivity contribution < 1.29 is 9.59 Å². The van der Waals surface area contributed by atoms with Crippen LogP contribution in [0.4, 0.5) is 10.5 Å². The lowest BCUT2D eigenvalue weighted by atomic mass is 10.2. The van der Waals surface area contributed by atoms with Crippen molar-refractivity contribution >= 4 is 29.2 Å². The summed E-state index contributed by atoms with van der Waals surface area (Å²) in [4.78, 5) is 22.1. The van der Waals surface area contributed by atoms with Crippen LogP contribution in [0.3, 0.4) is 0 Å². The van der Waals surface area contributed by atoms with E-state index in [1.54, 1.807) is 12.1 Å². The molecule has 19 heavy (non-hydrogen) atoms. The zero-order chi connectivity index (χ0) is 14.3. The summed E-state index contributed by atoms with van der Waals surface area (Å²) in [5.74, 6) is -0.0653. The fourth-order valence-corrected chi connectivity index (χ4v) is 1.75. The van der Waals surface area contributed by atoms with Gasteiger partial charge in [-0.25, -0.2) is 4.79 Å². The van der Waals surface area contributed by atoms with Crippen LogP contribution < -0.4 is 16.4 Å². The van der Waals surface area contributed by atoms with Crippen LogP contribution in [0.15, 0.2) is 18.2 Å². The number of primary amides is 1. The molecule has 3 amide bonds. The molecule has 6 heteroatoms. The van der Waals surface area contributed by atoms with Gasteiger partial charge in [0.25, 0.3) is 0 Å². The average Bonchev–Trinajstić information content (AvgIpc) is 2.34. The van der Waals surface area contributed by atoms with Crippen LogP contribution in [0, 0.1) is 6.92 Å². The number of halogens is 1. The van der Waals surface area contributed by atoms with Crippen molar-refractivity contribution in [3.8, 4) is 0 Å². The van der Waals surface area contributed by atoms with Crippen molar-refractivity contribution in [2.24, 2.45) is 5.73 Å². The first kappa shape index (κ1) is 15.3. The molecule has 0 spiro atoms. The molecule has 0 heterocycles. The molecule has 0 aliphatic heterocycles. The van der Waals surface area contributed by atoms with Crippen molar-refractivity contribution in [3.05, 3.63) is 28.8 Å². The molecular formula is C13H18ClN3O2. The van der Waals surface area contributed by atoms with Gasteiger partial charge in [0.15, 0.2) is 0 Å². The second-order valence-corrected chi connectivity index (χ2v) is 4.62. The summed E-state index contributed by atoms with van der Waals surface area (Å²) < 4.78 is 0. The monoisotopic (exact) mass is 283 g/mol. The van der Waals surface area contributed by atoms with Gasteiger partial charge in [0.05, 0.1) is 0 Å². The van der Waals surface area contributed by atoms with E-state index in [0.29, 0.717) is 30.8 Å². The lowest BCUT2D eigenvalue weighted by Crippen LogP contribution is -2.30. The Labute approximate surface area is 117 Å². The number of nitrogens with one attached hydrogen (secondary N) is 2. The smallest absolute Gasteiger partial charge is 0.312 e. The van der Waals surface area contributed by atoms with Crippen molar-refractivity contribution in [1.29, 1.82) is 0 Å². The minimum Gasteiger partial charge on any atom is -0.352 e. The Hall–Kier alpha value is -1.75. The van der Waals surface area contributed by atoms with E-state index in [1.165, 1.54) is 0 Å². The lowest BCUT2D eigenvalue weighted by Gasteiger charge is -2.09. The first-order chi connectivity index (χ1) is 9.00. The number of nitrogens with two attached hydrogens (primary N) is 1. The van der Waals surface area contributed by atoms with E-state index in [9.17, 15) is 9.59 Å². The Morgan fingerprint density at radius 2 is 2.05 bits per heavy atom. The second-order valence-electron chi connectivity index (χ2n) is 4.21. The number of hydrogen-bond acceptors (Lipinski definition) is 2. The largest absolute Gasteiger partial charge is 0.352 e. The zero-order valence-corrected chi connectivity index (χ0v) is 11.6. The van der Waals surface area contributed by atoms with Gasteiger partial charge >= 0.3 is 6.03 Å². The molecule has 0 saturated carbocycles. The van der Waals surface area contributed by atoms with Crippen LogP contribution in [-0.4, -0.2) is 18.5 Å². The van der Waals surface area contributed by atoms with Crippen LogP contribution >= 0.6 is 11.6 Å². The molecule has 0 fully saturated rings. The number of unbranched alkanes of at least 4 members (excludes halogenated alkanes) is 1. The fraction of sp³-hybridized carbons (Fsp3) is 0.385. The van der Waals surface area contributed by atoms with Crippen molar-refractivity contribution in [2.75, 3.05) is 11.9 Å². The number of urea groups is 1. The average molecular weight is 284 g/mol. The number of carbonyl (C=O) groups excluding carboxylic acids is 2. The van der Waals surface area contributed by atoms with E-state index in [4.69, 9.17) is 17.3 Å².